The van der Waals surface area contributed by atoms with E-state index in [9.17, 15) is 4.79 Å². The van der Waals surface area contributed by atoms with E-state index < -0.39 is 0 Å². The van der Waals surface area contributed by atoms with Gasteiger partial charge in [0, 0.05) is 11.8 Å². The summed E-state index contributed by atoms with van der Waals surface area (Å²) in [6, 6.07) is 14.5. The van der Waals surface area contributed by atoms with Crippen molar-refractivity contribution in [1.82, 2.24) is 0 Å². The molecule has 0 radical (unpaired) electrons. The summed E-state index contributed by atoms with van der Waals surface area (Å²) in [6.45, 7) is 2.38. The van der Waals surface area contributed by atoms with Crippen molar-refractivity contribution in [2.45, 2.75) is 6.92 Å². The van der Waals surface area contributed by atoms with Crippen LogP contribution >= 0.6 is 0 Å². The largest absolute Gasteiger partial charge is 0.497 e. The molecular weight excluding hydrogens is 308 g/mol. The van der Waals surface area contributed by atoms with Gasteiger partial charge in [-0.05, 0) is 48.9 Å². The third kappa shape index (κ3) is 5.64. The van der Waals surface area contributed by atoms with E-state index in [1.807, 2.05) is 31.2 Å². The number of amides is 1. The van der Waals surface area contributed by atoms with Crippen LogP contribution in [-0.4, -0.2) is 32.4 Å². The first kappa shape index (κ1) is 17.3. The number of anilines is 1. The molecule has 0 aliphatic rings. The lowest BCUT2D eigenvalue weighted by molar-refractivity contribution is -0.120. The number of ether oxygens (including phenoxy) is 2. The lowest BCUT2D eigenvalue weighted by atomic mass is 10.2. The molecule has 126 valence electrons. The Morgan fingerprint density at radius 2 is 1.96 bits per heavy atom. The molecule has 0 aromatic heterocycles. The van der Waals surface area contributed by atoms with Crippen LogP contribution in [0, 0.1) is 0 Å². The van der Waals surface area contributed by atoms with E-state index >= 15 is 0 Å². The molecule has 0 fully saturated rings. The summed E-state index contributed by atoms with van der Waals surface area (Å²) in [5.74, 6) is 1.17. The van der Waals surface area contributed by atoms with E-state index in [-0.39, 0.29) is 12.5 Å². The van der Waals surface area contributed by atoms with Gasteiger partial charge in [0.15, 0.2) is 6.61 Å². The molecule has 0 heterocycles. The number of carbonyl (C=O) groups excluding carboxylic acids is 1. The van der Waals surface area contributed by atoms with Gasteiger partial charge in [0.05, 0.1) is 19.9 Å². The summed E-state index contributed by atoms with van der Waals surface area (Å²) in [4.78, 5) is 16.8. The summed E-state index contributed by atoms with van der Waals surface area (Å²) in [6.07, 6.45) is 1.54. The highest BCUT2D eigenvalue weighted by molar-refractivity contribution is 5.91. The zero-order valence-electron chi connectivity index (χ0n) is 13.7. The van der Waals surface area contributed by atoms with Crippen LogP contribution in [0.4, 0.5) is 5.69 Å². The first-order chi connectivity index (χ1) is 11.7. The van der Waals surface area contributed by atoms with E-state index in [0.717, 1.165) is 11.3 Å². The SMILES string of the molecule is CCOc1ccc(/C=N\OCC(=O)Nc2cccc(OC)c2)cc1. The Balaban J connectivity index is 1.77. The Hall–Kier alpha value is -3.02. The fourth-order valence-corrected chi connectivity index (χ4v) is 1.91. The highest BCUT2D eigenvalue weighted by atomic mass is 16.6. The van der Waals surface area contributed by atoms with Gasteiger partial charge in [0.2, 0.25) is 0 Å². The number of nitrogens with one attached hydrogen (secondary N) is 1. The first-order valence-electron chi connectivity index (χ1n) is 7.53. The van der Waals surface area contributed by atoms with Crippen molar-refractivity contribution < 1.29 is 19.1 Å². The number of methoxy groups -OCH3 is 1. The van der Waals surface area contributed by atoms with Crippen LogP contribution in [0.1, 0.15) is 12.5 Å². The molecule has 0 bridgehead atoms. The number of oxime groups is 1. The molecular formula is C18H20N2O4. The number of benzene rings is 2. The molecule has 2 rings (SSSR count). The Bertz CT molecular complexity index is 684. The van der Waals surface area contributed by atoms with Gasteiger partial charge in [-0.2, -0.15) is 0 Å². The third-order valence-corrected chi connectivity index (χ3v) is 3.02. The fraction of sp³-hybridized carbons (Fsp3) is 0.222. The van der Waals surface area contributed by atoms with Crippen LogP contribution in [0.3, 0.4) is 0 Å². The van der Waals surface area contributed by atoms with Crippen molar-refractivity contribution in [3.8, 4) is 11.5 Å². The van der Waals surface area contributed by atoms with Crippen LogP contribution in [0.25, 0.3) is 0 Å². The maximum Gasteiger partial charge on any atom is 0.265 e. The van der Waals surface area contributed by atoms with Gasteiger partial charge in [-0.1, -0.05) is 11.2 Å². The molecule has 0 saturated heterocycles. The molecule has 1 N–H and O–H groups in total. The molecule has 2 aromatic rings. The number of nitrogens with zero attached hydrogens (tertiary/aromatic N) is 1. The van der Waals surface area contributed by atoms with Gasteiger partial charge in [0.25, 0.3) is 5.91 Å². The number of hydrogen-bond acceptors (Lipinski definition) is 5. The second-order valence-corrected chi connectivity index (χ2v) is 4.79. The summed E-state index contributed by atoms with van der Waals surface area (Å²) >= 11 is 0. The van der Waals surface area contributed by atoms with Crippen LogP contribution in [-0.2, 0) is 9.63 Å². The van der Waals surface area contributed by atoms with Crippen LogP contribution in [0.2, 0.25) is 0 Å². The zero-order valence-corrected chi connectivity index (χ0v) is 13.7. The maximum absolute atomic E-state index is 11.8. The van der Waals surface area contributed by atoms with Crippen molar-refractivity contribution >= 4 is 17.8 Å². The number of carbonyl (C=O) groups is 1. The number of rotatable bonds is 8. The van der Waals surface area contributed by atoms with E-state index in [1.165, 1.54) is 6.21 Å². The standard InChI is InChI=1S/C18H20N2O4/c1-3-23-16-9-7-14(8-10-16)12-19-24-13-18(21)20-15-5-4-6-17(11-15)22-2/h4-12H,3,13H2,1-2H3,(H,20,21)/b19-12-. The maximum atomic E-state index is 11.8. The monoisotopic (exact) mass is 328 g/mol. The molecule has 0 unspecified atom stereocenters. The number of hydrogen-bond donors (Lipinski definition) is 1. The topological polar surface area (TPSA) is 69.2 Å². The zero-order chi connectivity index (χ0) is 17.2. The Morgan fingerprint density at radius 3 is 2.67 bits per heavy atom. The summed E-state index contributed by atoms with van der Waals surface area (Å²) < 4.78 is 10.4. The van der Waals surface area contributed by atoms with E-state index in [2.05, 4.69) is 10.5 Å². The lowest BCUT2D eigenvalue weighted by Crippen LogP contribution is -2.16. The second-order valence-electron chi connectivity index (χ2n) is 4.79. The van der Waals surface area contributed by atoms with Crippen molar-refractivity contribution in [2.75, 3.05) is 25.6 Å². The lowest BCUT2D eigenvalue weighted by Gasteiger charge is -2.06. The molecule has 6 nitrogen and oxygen atoms in total. The first-order valence-corrected chi connectivity index (χ1v) is 7.53. The van der Waals surface area contributed by atoms with E-state index in [1.54, 1.807) is 31.4 Å². The third-order valence-electron chi connectivity index (χ3n) is 3.02. The van der Waals surface area contributed by atoms with Gasteiger partial charge in [-0.15, -0.1) is 0 Å². The summed E-state index contributed by atoms with van der Waals surface area (Å²) in [5.41, 5.74) is 1.49. The summed E-state index contributed by atoms with van der Waals surface area (Å²) in [5, 5.41) is 6.48. The van der Waals surface area contributed by atoms with Crippen LogP contribution < -0.4 is 14.8 Å². The van der Waals surface area contributed by atoms with Gasteiger partial charge in [-0.3, -0.25) is 4.79 Å². The fourth-order valence-electron chi connectivity index (χ4n) is 1.91. The molecule has 0 atom stereocenters. The Labute approximate surface area is 141 Å². The van der Waals surface area contributed by atoms with Gasteiger partial charge >= 0.3 is 0 Å². The minimum absolute atomic E-state index is 0.176. The van der Waals surface area contributed by atoms with Crippen molar-refractivity contribution in [3.05, 3.63) is 54.1 Å². The van der Waals surface area contributed by atoms with Crippen LogP contribution in [0.5, 0.6) is 11.5 Å². The molecule has 0 spiro atoms. The van der Waals surface area contributed by atoms with Gasteiger partial charge in [0.1, 0.15) is 11.5 Å². The molecule has 0 aliphatic carbocycles. The highest BCUT2D eigenvalue weighted by Gasteiger charge is 2.03. The second kappa shape index (κ2) is 9.19. The molecule has 2 aromatic carbocycles. The van der Waals surface area contributed by atoms with Gasteiger partial charge in [-0.25, -0.2) is 0 Å². The normalized spacial score (nSPS) is 10.4. The molecule has 24 heavy (non-hydrogen) atoms. The highest BCUT2D eigenvalue weighted by Crippen LogP contribution is 2.16. The quantitative estimate of drug-likeness (QED) is 0.597. The van der Waals surface area contributed by atoms with Gasteiger partial charge < -0.3 is 19.6 Å². The van der Waals surface area contributed by atoms with E-state index in [4.69, 9.17) is 14.3 Å². The predicted molar refractivity (Wildman–Crippen MR) is 92.8 cm³/mol. The van der Waals surface area contributed by atoms with E-state index in [0.29, 0.717) is 18.0 Å². The van der Waals surface area contributed by atoms with Crippen LogP contribution in [0.15, 0.2) is 53.7 Å². The van der Waals surface area contributed by atoms with Crippen molar-refractivity contribution in [1.29, 1.82) is 0 Å². The minimum atomic E-state index is -0.299. The predicted octanol–water partition coefficient (Wildman–Crippen LogP) is 3.08. The minimum Gasteiger partial charge on any atom is -0.497 e. The Kier molecular flexibility index (Phi) is 6.64. The average Bonchev–Trinajstić information content (AvgIpc) is 2.60. The van der Waals surface area contributed by atoms with Crippen molar-refractivity contribution in [2.24, 2.45) is 5.16 Å². The smallest absolute Gasteiger partial charge is 0.265 e. The molecule has 6 heteroatoms. The molecule has 0 saturated carbocycles. The van der Waals surface area contributed by atoms with Crippen molar-refractivity contribution in [3.63, 3.8) is 0 Å². The molecule has 0 aliphatic heterocycles. The Morgan fingerprint density at radius 1 is 1.17 bits per heavy atom. The average molecular weight is 328 g/mol. The summed E-state index contributed by atoms with van der Waals surface area (Å²) in [7, 11) is 1.57. The molecule has 1 amide bonds.